The summed E-state index contributed by atoms with van der Waals surface area (Å²) in [7, 11) is 0. The van der Waals surface area contributed by atoms with Crippen LogP contribution in [0, 0.1) is 11.3 Å². The predicted molar refractivity (Wildman–Crippen MR) is 70.2 cm³/mol. The van der Waals surface area contributed by atoms with E-state index in [9.17, 15) is 9.59 Å². The molecule has 4 heteroatoms. The molecule has 0 aliphatic heterocycles. The molecule has 0 aromatic heterocycles. The summed E-state index contributed by atoms with van der Waals surface area (Å²) in [4.78, 5) is 23.0. The second kappa shape index (κ2) is 6.21. The number of amides is 1. The number of carboxylic acids is 1. The highest BCUT2D eigenvalue weighted by Gasteiger charge is 2.39. The van der Waals surface area contributed by atoms with Crippen molar-refractivity contribution in [2.75, 3.05) is 0 Å². The third kappa shape index (κ3) is 4.00. The average Bonchev–Trinajstić information content (AvgIpc) is 2.57. The molecule has 1 saturated carbocycles. The Morgan fingerprint density at radius 3 is 2.56 bits per heavy atom. The molecule has 104 valence electrons. The molecule has 1 aliphatic rings. The van der Waals surface area contributed by atoms with Gasteiger partial charge in [-0.25, -0.2) is 0 Å². The highest BCUT2D eigenvalue weighted by atomic mass is 16.4. The first kappa shape index (κ1) is 15.0. The predicted octanol–water partition coefficient (Wildman–Crippen LogP) is 2.57. The molecule has 1 fully saturated rings. The number of hydrogen-bond acceptors (Lipinski definition) is 2. The number of carbonyl (C=O) groups is 2. The highest BCUT2D eigenvalue weighted by Crippen LogP contribution is 2.42. The Morgan fingerprint density at radius 2 is 2.11 bits per heavy atom. The van der Waals surface area contributed by atoms with Crippen molar-refractivity contribution in [3.8, 4) is 0 Å². The first-order chi connectivity index (χ1) is 8.36. The van der Waals surface area contributed by atoms with Gasteiger partial charge < -0.3 is 10.4 Å². The number of hydrogen-bond donors (Lipinski definition) is 2. The molecule has 18 heavy (non-hydrogen) atoms. The smallest absolute Gasteiger partial charge is 0.305 e. The van der Waals surface area contributed by atoms with Crippen molar-refractivity contribution in [2.24, 2.45) is 11.3 Å². The van der Waals surface area contributed by atoms with Crippen LogP contribution < -0.4 is 5.32 Å². The average molecular weight is 255 g/mol. The molecule has 0 heterocycles. The zero-order chi connectivity index (χ0) is 13.8. The van der Waals surface area contributed by atoms with E-state index in [2.05, 4.69) is 19.2 Å². The Kier molecular flexibility index (Phi) is 5.17. The molecule has 2 N–H and O–H groups in total. The molecule has 0 spiro atoms. The highest BCUT2D eigenvalue weighted by molar-refractivity contribution is 5.80. The van der Waals surface area contributed by atoms with Crippen molar-refractivity contribution in [3.05, 3.63) is 0 Å². The van der Waals surface area contributed by atoms with Crippen molar-refractivity contribution < 1.29 is 14.7 Å². The van der Waals surface area contributed by atoms with Gasteiger partial charge in [0.15, 0.2) is 0 Å². The molecule has 1 aliphatic carbocycles. The van der Waals surface area contributed by atoms with Crippen molar-refractivity contribution in [2.45, 2.75) is 65.3 Å². The molecule has 1 amide bonds. The van der Waals surface area contributed by atoms with E-state index in [-0.39, 0.29) is 29.7 Å². The number of carboxylic acid groups (broad SMARTS) is 1. The van der Waals surface area contributed by atoms with Crippen molar-refractivity contribution in [1.29, 1.82) is 0 Å². The maximum Gasteiger partial charge on any atom is 0.305 e. The lowest BCUT2D eigenvalue weighted by Crippen LogP contribution is -2.42. The molecular formula is C14H25NO3. The normalized spacial score (nSPS) is 23.6. The molecular weight excluding hydrogens is 230 g/mol. The first-order valence-electron chi connectivity index (χ1n) is 6.89. The van der Waals surface area contributed by atoms with Crippen LogP contribution in [0.15, 0.2) is 0 Å². The molecule has 0 aromatic carbocycles. The van der Waals surface area contributed by atoms with Crippen LogP contribution in [-0.2, 0) is 9.59 Å². The van der Waals surface area contributed by atoms with Gasteiger partial charge in [-0.1, -0.05) is 33.6 Å². The van der Waals surface area contributed by atoms with Crippen LogP contribution >= 0.6 is 0 Å². The third-order valence-corrected chi connectivity index (χ3v) is 3.98. The fraction of sp³-hybridized carbons (Fsp3) is 0.857. The number of rotatable bonds is 6. The Bertz CT molecular complexity index is 312. The maximum absolute atomic E-state index is 12.2. The zero-order valence-corrected chi connectivity index (χ0v) is 11.7. The number of nitrogens with one attached hydrogen (secondary N) is 1. The van der Waals surface area contributed by atoms with Crippen LogP contribution in [0.3, 0.4) is 0 Å². The van der Waals surface area contributed by atoms with Crippen LogP contribution in [0.4, 0.5) is 0 Å². The van der Waals surface area contributed by atoms with Crippen LogP contribution in [0.2, 0.25) is 0 Å². The maximum atomic E-state index is 12.2. The van der Waals surface area contributed by atoms with Gasteiger partial charge in [0.25, 0.3) is 0 Å². The van der Waals surface area contributed by atoms with E-state index in [1.807, 2.05) is 6.92 Å². The fourth-order valence-corrected chi connectivity index (χ4v) is 2.90. The lowest BCUT2D eigenvalue weighted by molar-refractivity contribution is -0.138. The summed E-state index contributed by atoms with van der Waals surface area (Å²) in [5.74, 6) is -0.776. The minimum absolute atomic E-state index is 0.0206. The number of aliphatic carboxylic acids is 1. The van der Waals surface area contributed by atoms with Gasteiger partial charge in [0.2, 0.25) is 5.91 Å². The summed E-state index contributed by atoms with van der Waals surface area (Å²) >= 11 is 0. The second-order valence-corrected chi connectivity index (χ2v) is 6.03. The van der Waals surface area contributed by atoms with E-state index < -0.39 is 5.97 Å². The van der Waals surface area contributed by atoms with Crippen LogP contribution in [0.25, 0.3) is 0 Å². The standard InChI is InChI=1S/C14H25NO3/c1-4-6-10(9-12(16)17)15-13(18)11-7-5-8-14(11,2)3/h10-11H,4-9H2,1-3H3,(H,15,18)(H,16,17). The van der Waals surface area contributed by atoms with Gasteiger partial charge in [0, 0.05) is 12.0 Å². The van der Waals surface area contributed by atoms with Gasteiger partial charge in [0.05, 0.1) is 6.42 Å². The van der Waals surface area contributed by atoms with Gasteiger partial charge in [-0.2, -0.15) is 0 Å². The molecule has 1 rings (SSSR count). The topological polar surface area (TPSA) is 66.4 Å². The molecule has 0 aromatic rings. The van der Waals surface area contributed by atoms with E-state index in [1.54, 1.807) is 0 Å². The summed E-state index contributed by atoms with van der Waals surface area (Å²) in [5, 5.41) is 11.8. The third-order valence-electron chi connectivity index (χ3n) is 3.98. The van der Waals surface area contributed by atoms with E-state index in [1.165, 1.54) is 0 Å². The SMILES string of the molecule is CCCC(CC(=O)O)NC(=O)C1CCCC1(C)C. The monoisotopic (exact) mass is 255 g/mol. The summed E-state index contributed by atoms with van der Waals surface area (Å²) in [6.07, 6.45) is 4.71. The number of carbonyl (C=O) groups excluding carboxylic acids is 1. The Hall–Kier alpha value is -1.06. The van der Waals surface area contributed by atoms with Crippen LogP contribution in [0.5, 0.6) is 0 Å². The molecule has 0 saturated heterocycles. The van der Waals surface area contributed by atoms with E-state index in [0.717, 1.165) is 32.1 Å². The molecule has 0 bridgehead atoms. The van der Waals surface area contributed by atoms with E-state index in [0.29, 0.717) is 0 Å². The summed E-state index contributed by atoms with van der Waals surface area (Å²) in [5.41, 5.74) is 0.0457. The molecule has 4 nitrogen and oxygen atoms in total. The Morgan fingerprint density at radius 1 is 1.44 bits per heavy atom. The van der Waals surface area contributed by atoms with Gasteiger partial charge in [-0.3, -0.25) is 9.59 Å². The lowest BCUT2D eigenvalue weighted by Gasteiger charge is -2.28. The van der Waals surface area contributed by atoms with Crippen molar-refractivity contribution in [1.82, 2.24) is 5.32 Å². The first-order valence-corrected chi connectivity index (χ1v) is 6.89. The Labute approximate surface area is 109 Å². The summed E-state index contributed by atoms with van der Waals surface area (Å²) < 4.78 is 0. The summed E-state index contributed by atoms with van der Waals surface area (Å²) in [6.45, 7) is 6.24. The summed E-state index contributed by atoms with van der Waals surface area (Å²) in [6, 6.07) is -0.226. The van der Waals surface area contributed by atoms with Gasteiger partial charge in [-0.05, 0) is 24.7 Å². The van der Waals surface area contributed by atoms with Crippen molar-refractivity contribution in [3.63, 3.8) is 0 Å². The minimum Gasteiger partial charge on any atom is -0.481 e. The van der Waals surface area contributed by atoms with E-state index in [4.69, 9.17) is 5.11 Å². The second-order valence-electron chi connectivity index (χ2n) is 6.03. The fourth-order valence-electron chi connectivity index (χ4n) is 2.90. The lowest BCUT2D eigenvalue weighted by atomic mass is 9.81. The largest absolute Gasteiger partial charge is 0.481 e. The quantitative estimate of drug-likeness (QED) is 0.766. The molecule has 2 unspecified atom stereocenters. The molecule has 0 radical (unpaired) electrons. The molecule has 2 atom stereocenters. The van der Waals surface area contributed by atoms with Gasteiger partial charge in [0.1, 0.15) is 0 Å². The van der Waals surface area contributed by atoms with E-state index >= 15 is 0 Å². The van der Waals surface area contributed by atoms with Crippen molar-refractivity contribution >= 4 is 11.9 Å². The van der Waals surface area contributed by atoms with Crippen LogP contribution in [-0.4, -0.2) is 23.0 Å². The van der Waals surface area contributed by atoms with Crippen LogP contribution in [0.1, 0.15) is 59.3 Å². The minimum atomic E-state index is -0.848. The zero-order valence-electron chi connectivity index (χ0n) is 11.7. The van der Waals surface area contributed by atoms with Gasteiger partial charge in [-0.15, -0.1) is 0 Å². The Balaban J connectivity index is 2.57. The van der Waals surface area contributed by atoms with Gasteiger partial charge >= 0.3 is 5.97 Å².